The van der Waals surface area contributed by atoms with E-state index < -0.39 is 24.5 Å². The first-order valence-electron chi connectivity index (χ1n) is 6.95. The molecule has 0 radical (unpaired) electrons. The van der Waals surface area contributed by atoms with Crippen LogP contribution >= 0.6 is 0 Å². The highest BCUT2D eigenvalue weighted by Gasteiger charge is 2.38. The number of benzene rings is 1. The van der Waals surface area contributed by atoms with Crippen LogP contribution in [-0.4, -0.2) is 35.1 Å². The lowest BCUT2D eigenvalue weighted by Gasteiger charge is -2.27. The summed E-state index contributed by atoms with van der Waals surface area (Å²) in [6, 6.07) is 6.27. The maximum absolute atomic E-state index is 13.1. The molecule has 2 aromatic rings. The Morgan fingerprint density at radius 3 is 2.73 bits per heavy atom. The van der Waals surface area contributed by atoms with Crippen LogP contribution in [0.15, 0.2) is 24.3 Å². The Kier molecular flexibility index (Phi) is 3.78. The van der Waals surface area contributed by atoms with E-state index in [0.29, 0.717) is 18.0 Å². The van der Waals surface area contributed by atoms with Crippen molar-refractivity contribution in [1.82, 2.24) is 20.2 Å². The first-order chi connectivity index (χ1) is 10.4. The molecule has 3 rings (SSSR count). The van der Waals surface area contributed by atoms with Gasteiger partial charge in [0.05, 0.1) is 11.0 Å². The fraction of sp³-hybridized carbons (Fsp3) is 0.429. The average molecular weight is 312 g/mol. The van der Waals surface area contributed by atoms with Crippen LogP contribution in [-0.2, 0) is 17.5 Å². The van der Waals surface area contributed by atoms with Crippen LogP contribution in [0.2, 0.25) is 0 Å². The zero-order valence-corrected chi connectivity index (χ0v) is 11.7. The van der Waals surface area contributed by atoms with Gasteiger partial charge in [-0.3, -0.25) is 4.79 Å². The van der Waals surface area contributed by atoms with E-state index in [1.54, 1.807) is 12.1 Å². The number of rotatable bonds is 4. The summed E-state index contributed by atoms with van der Waals surface area (Å²) in [5.41, 5.74) is 0.529. The van der Waals surface area contributed by atoms with Crippen molar-refractivity contribution in [2.24, 2.45) is 5.92 Å². The molecule has 1 amide bonds. The third-order valence-corrected chi connectivity index (χ3v) is 3.66. The second-order valence-electron chi connectivity index (χ2n) is 5.34. The molecule has 0 spiro atoms. The topological polar surface area (TPSA) is 59.0 Å². The molecule has 1 fully saturated rings. The molecule has 2 N–H and O–H groups in total. The maximum Gasteiger partial charge on any atom is 0.449 e. The molecule has 8 heteroatoms. The highest BCUT2D eigenvalue weighted by atomic mass is 19.4. The maximum atomic E-state index is 13.1. The molecule has 0 atom stereocenters. The summed E-state index contributed by atoms with van der Waals surface area (Å²) in [4.78, 5) is 15.5. The van der Waals surface area contributed by atoms with Crippen molar-refractivity contribution in [3.63, 3.8) is 0 Å². The van der Waals surface area contributed by atoms with Gasteiger partial charge in [-0.2, -0.15) is 13.2 Å². The molecule has 118 valence electrons. The normalized spacial score (nSPS) is 15.8. The number of carbonyl (C=O) groups excluding carboxylic acids is 1. The molecule has 0 aliphatic carbocycles. The lowest BCUT2D eigenvalue weighted by Crippen LogP contribution is -2.48. The number of nitrogens with zero attached hydrogens (tertiary/aromatic N) is 2. The lowest BCUT2D eigenvalue weighted by molar-refractivity contribution is -0.147. The lowest BCUT2D eigenvalue weighted by atomic mass is 10.0. The van der Waals surface area contributed by atoms with Crippen molar-refractivity contribution in [1.29, 1.82) is 0 Å². The van der Waals surface area contributed by atoms with Crippen molar-refractivity contribution in [3.05, 3.63) is 30.1 Å². The van der Waals surface area contributed by atoms with Crippen LogP contribution in [0.3, 0.4) is 0 Å². The molecule has 0 unspecified atom stereocenters. The SMILES string of the molecule is O=C(Cn1c(C(F)(F)F)nc2ccccc21)NCC1CNC1. The summed E-state index contributed by atoms with van der Waals surface area (Å²) in [7, 11) is 0. The minimum Gasteiger partial charge on any atom is -0.354 e. The van der Waals surface area contributed by atoms with Gasteiger partial charge in [-0.1, -0.05) is 12.1 Å². The van der Waals surface area contributed by atoms with Crippen molar-refractivity contribution < 1.29 is 18.0 Å². The van der Waals surface area contributed by atoms with Gasteiger partial charge in [0.2, 0.25) is 11.7 Å². The molecule has 0 saturated carbocycles. The van der Waals surface area contributed by atoms with Gasteiger partial charge >= 0.3 is 6.18 Å². The molecule has 1 aliphatic rings. The molecule has 1 aromatic heterocycles. The summed E-state index contributed by atoms with van der Waals surface area (Å²) in [5.74, 6) is -1.14. The Labute approximate surface area is 124 Å². The highest BCUT2D eigenvalue weighted by Crippen LogP contribution is 2.31. The predicted octanol–water partition coefficient (Wildman–Crippen LogP) is 1.39. The van der Waals surface area contributed by atoms with Crippen LogP contribution in [0, 0.1) is 5.92 Å². The predicted molar refractivity (Wildman–Crippen MR) is 74.1 cm³/mol. The highest BCUT2D eigenvalue weighted by molar-refractivity contribution is 5.81. The van der Waals surface area contributed by atoms with Crippen LogP contribution in [0.25, 0.3) is 11.0 Å². The number of carbonyl (C=O) groups is 1. The van der Waals surface area contributed by atoms with E-state index in [-0.39, 0.29) is 5.52 Å². The van der Waals surface area contributed by atoms with Crippen molar-refractivity contribution in [2.45, 2.75) is 12.7 Å². The first-order valence-corrected chi connectivity index (χ1v) is 6.95. The van der Waals surface area contributed by atoms with Gasteiger partial charge in [0, 0.05) is 25.6 Å². The number of aromatic nitrogens is 2. The van der Waals surface area contributed by atoms with E-state index in [4.69, 9.17) is 0 Å². The number of hydrogen-bond donors (Lipinski definition) is 2. The first kappa shape index (κ1) is 14.8. The number of hydrogen-bond acceptors (Lipinski definition) is 3. The van der Waals surface area contributed by atoms with Gasteiger partial charge < -0.3 is 15.2 Å². The minimum absolute atomic E-state index is 0.228. The van der Waals surface area contributed by atoms with Crippen LogP contribution in [0.5, 0.6) is 0 Å². The Balaban J connectivity index is 1.82. The number of amides is 1. The Morgan fingerprint density at radius 2 is 2.09 bits per heavy atom. The van der Waals surface area contributed by atoms with Crippen molar-refractivity contribution in [3.8, 4) is 0 Å². The van der Waals surface area contributed by atoms with Gasteiger partial charge in [0.15, 0.2) is 0 Å². The van der Waals surface area contributed by atoms with Gasteiger partial charge in [-0.15, -0.1) is 0 Å². The molecular weight excluding hydrogens is 297 g/mol. The fourth-order valence-electron chi connectivity index (χ4n) is 2.40. The van der Waals surface area contributed by atoms with Gasteiger partial charge in [-0.05, 0) is 12.1 Å². The summed E-state index contributed by atoms with van der Waals surface area (Å²) in [6.45, 7) is 1.72. The summed E-state index contributed by atoms with van der Waals surface area (Å²) < 4.78 is 40.2. The second kappa shape index (κ2) is 5.60. The Morgan fingerprint density at radius 1 is 1.36 bits per heavy atom. The van der Waals surface area contributed by atoms with Crippen LogP contribution < -0.4 is 10.6 Å². The smallest absolute Gasteiger partial charge is 0.354 e. The Bertz CT molecular complexity index is 691. The van der Waals surface area contributed by atoms with Crippen molar-refractivity contribution >= 4 is 16.9 Å². The molecule has 0 bridgehead atoms. The zero-order chi connectivity index (χ0) is 15.7. The molecule has 1 aliphatic heterocycles. The fourth-order valence-corrected chi connectivity index (χ4v) is 2.40. The van der Waals surface area contributed by atoms with E-state index in [9.17, 15) is 18.0 Å². The minimum atomic E-state index is -4.60. The van der Waals surface area contributed by atoms with Gasteiger partial charge in [0.1, 0.15) is 6.54 Å². The van der Waals surface area contributed by atoms with E-state index in [0.717, 1.165) is 17.7 Å². The summed E-state index contributed by atoms with van der Waals surface area (Å²) in [6.07, 6.45) is -4.60. The summed E-state index contributed by atoms with van der Waals surface area (Å²) in [5, 5.41) is 5.74. The number of halogens is 3. The largest absolute Gasteiger partial charge is 0.449 e. The molecule has 1 saturated heterocycles. The number of para-hydroxylation sites is 2. The van der Waals surface area contributed by atoms with Gasteiger partial charge in [-0.25, -0.2) is 4.98 Å². The molecular formula is C14H15F3N4O. The quantitative estimate of drug-likeness (QED) is 0.897. The Hall–Kier alpha value is -2.09. The van der Waals surface area contributed by atoms with Crippen molar-refractivity contribution in [2.75, 3.05) is 19.6 Å². The molecule has 2 heterocycles. The summed E-state index contributed by atoms with van der Waals surface area (Å²) >= 11 is 0. The molecule has 5 nitrogen and oxygen atoms in total. The van der Waals surface area contributed by atoms with Crippen LogP contribution in [0.4, 0.5) is 13.2 Å². The average Bonchev–Trinajstić information content (AvgIpc) is 2.76. The number of nitrogens with one attached hydrogen (secondary N) is 2. The van der Waals surface area contributed by atoms with Gasteiger partial charge in [0.25, 0.3) is 0 Å². The van der Waals surface area contributed by atoms with E-state index >= 15 is 0 Å². The third-order valence-electron chi connectivity index (χ3n) is 3.66. The molecule has 1 aromatic carbocycles. The van der Waals surface area contributed by atoms with E-state index in [1.165, 1.54) is 12.1 Å². The second-order valence-corrected chi connectivity index (χ2v) is 5.34. The van der Waals surface area contributed by atoms with E-state index in [1.807, 2.05) is 0 Å². The number of alkyl halides is 3. The zero-order valence-electron chi connectivity index (χ0n) is 11.7. The monoisotopic (exact) mass is 312 g/mol. The van der Waals surface area contributed by atoms with Crippen LogP contribution in [0.1, 0.15) is 5.82 Å². The molecule has 22 heavy (non-hydrogen) atoms. The number of fused-ring (bicyclic) bond motifs is 1. The third kappa shape index (κ3) is 2.92. The number of imidazole rings is 1. The van der Waals surface area contributed by atoms with E-state index in [2.05, 4.69) is 15.6 Å². The standard InChI is InChI=1S/C14H15F3N4O/c15-14(16,17)13-20-10-3-1-2-4-11(10)21(13)8-12(22)19-7-9-5-18-6-9/h1-4,9,18H,5-8H2,(H,19,22).